The molecule has 2 rings (SSSR count). The summed E-state index contributed by atoms with van der Waals surface area (Å²) in [5.74, 6) is 0. The summed E-state index contributed by atoms with van der Waals surface area (Å²) in [5, 5.41) is 2.00. The molecule has 0 saturated carbocycles. The van der Waals surface area contributed by atoms with Gasteiger partial charge in [0.15, 0.2) is 0 Å². The third-order valence-electron chi connectivity index (χ3n) is 4.32. The smallest absolute Gasteiger partial charge is 0.207 e. The van der Waals surface area contributed by atoms with Crippen LogP contribution in [0.5, 0.6) is 0 Å². The first-order valence-electron chi connectivity index (χ1n) is 7.68. The molecule has 0 amide bonds. The largest absolute Gasteiger partial charge is 0.243 e. The highest BCUT2D eigenvalue weighted by atomic mass is 32.2. The Labute approximate surface area is 134 Å². The van der Waals surface area contributed by atoms with Gasteiger partial charge in [-0.25, -0.2) is 8.42 Å². The van der Waals surface area contributed by atoms with E-state index in [1.165, 1.54) is 0 Å². The fourth-order valence-corrected chi connectivity index (χ4v) is 4.41. The zero-order valence-corrected chi connectivity index (χ0v) is 14.8. The molecule has 0 bridgehead atoms. The van der Waals surface area contributed by atoms with Crippen LogP contribution < -0.4 is 0 Å². The van der Waals surface area contributed by atoms with E-state index in [0.717, 1.165) is 10.8 Å². The molecule has 0 fully saturated rings. The molecular weight excluding hydrogens is 294 g/mol. The van der Waals surface area contributed by atoms with Gasteiger partial charge in [0.1, 0.15) is 0 Å². The molecule has 0 aliphatic rings. The fraction of sp³-hybridized carbons (Fsp3) is 0.444. The highest BCUT2D eigenvalue weighted by molar-refractivity contribution is 7.89. The van der Waals surface area contributed by atoms with Crippen LogP contribution in [-0.2, 0) is 10.0 Å². The third-order valence-corrected chi connectivity index (χ3v) is 6.37. The van der Waals surface area contributed by atoms with Gasteiger partial charge in [-0.05, 0) is 35.2 Å². The summed E-state index contributed by atoms with van der Waals surface area (Å²) in [6.07, 6.45) is 0. The van der Waals surface area contributed by atoms with Crippen molar-refractivity contribution in [3.8, 4) is 0 Å². The SMILES string of the molecule is CCN([C@@H](C)C(C)(C)C)S(=O)(=O)c1ccc2ccccc2c1. The molecule has 120 valence electrons. The Morgan fingerprint density at radius 3 is 2.18 bits per heavy atom. The average molecular weight is 319 g/mol. The standard InChI is InChI=1S/C18H25NO2S/c1-6-19(14(2)18(3,4)5)22(20,21)17-12-11-15-9-7-8-10-16(15)13-17/h7-14H,6H2,1-5H3/t14-/m0/s1. The van der Waals surface area contributed by atoms with Crippen molar-refractivity contribution in [2.45, 2.75) is 45.6 Å². The molecule has 0 heterocycles. The van der Waals surface area contributed by atoms with Gasteiger partial charge in [-0.3, -0.25) is 0 Å². The molecular formula is C18H25NO2S. The second-order valence-electron chi connectivity index (χ2n) is 6.76. The van der Waals surface area contributed by atoms with E-state index in [4.69, 9.17) is 0 Å². The van der Waals surface area contributed by atoms with E-state index in [0.29, 0.717) is 11.4 Å². The number of nitrogens with zero attached hydrogens (tertiary/aromatic N) is 1. The summed E-state index contributed by atoms with van der Waals surface area (Å²) in [5.41, 5.74) is -0.111. The van der Waals surface area contributed by atoms with Gasteiger partial charge < -0.3 is 0 Å². The summed E-state index contributed by atoms with van der Waals surface area (Å²) in [6, 6.07) is 13.1. The van der Waals surface area contributed by atoms with Crippen LogP contribution >= 0.6 is 0 Å². The molecule has 0 aliphatic carbocycles. The van der Waals surface area contributed by atoms with Gasteiger partial charge in [0, 0.05) is 12.6 Å². The lowest BCUT2D eigenvalue weighted by Gasteiger charge is -2.36. The van der Waals surface area contributed by atoms with Crippen LogP contribution in [0.1, 0.15) is 34.6 Å². The highest BCUT2D eigenvalue weighted by Crippen LogP contribution is 2.29. The Morgan fingerprint density at radius 1 is 1.05 bits per heavy atom. The summed E-state index contributed by atoms with van der Waals surface area (Å²) in [6.45, 7) is 10.5. The van der Waals surface area contributed by atoms with E-state index in [2.05, 4.69) is 20.8 Å². The summed E-state index contributed by atoms with van der Waals surface area (Å²) < 4.78 is 27.6. The van der Waals surface area contributed by atoms with Crippen LogP contribution in [0.25, 0.3) is 10.8 Å². The molecule has 4 heteroatoms. The lowest BCUT2D eigenvalue weighted by molar-refractivity contribution is 0.198. The monoisotopic (exact) mass is 319 g/mol. The summed E-state index contributed by atoms with van der Waals surface area (Å²) >= 11 is 0. The maximum absolute atomic E-state index is 13.0. The Balaban J connectivity index is 2.50. The van der Waals surface area contributed by atoms with Crippen molar-refractivity contribution in [3.63, 3.8) is 0 Å². The predicted molar refractivity (Wildman–Crippen MR) is 92.4 cm³/mol. The Hall–Kier alpha value is -1.39. The minimum atomic E-state index is -3.49. The first-order valence-corrected chi connectivity index (χ1v) is 9.12. The van der Waals surface area contributed by atoms with Crippen molar-refractivity contribution in [1.29, 1.82) is 0 Å². The van der Waals surface area contributed by atoms with Crippen LogP contribution in [-0.4, -0.2) is 25.3 Å². The normalized spacial score (nSPS) is 14.5. The van der Waals surface area contributed by atoms with E-state index in [1.54, 1.807) is 16.4 Å². The maximum Gasteiger partial charge on any atom is 0.243 e. The van der Waals surface area contributed by atoms with Crippen molar-refractivity contribution in [2.24, 2.45) is 5.41 Å². The molecule has 2 aromatic carbocycles. The number of benzene rings is 2. The fourth-order valence-electron chi connectivity index (χ4n) is 2.55. The number of hydrogen-bond donors (Lipinski definition) is 0. The molecule has 2 aromatic rings. The topological polar surface area (TPSA) is 37.4 Å². The van der Waals surface area contributed by atoms with Crippen molar-refractivity contribution in [2.75, 3.05) is 6.54 Å². The second kappa shape index (κ2) is 6.01. The molecule has 1 atom stereocenters. The maximum atomic E-state index is 13.0. The van der Waals surface area contributed by atoms with E-state index in [9.17, 15) is 8.42 Å². The zero-order chi connectivity index (χ0) is 16.5. The van der Waals surface area contributed by atoms with E-state index in [-0.39, 0.29) is 11.5 Å². The molecule has 0 radical (unpaired) electrons. The van der Waals surface area contributed by atoms with Gasteiger partial charge in [-0.15, -0.1) is 0 Å². The molecule has 22 heavy (non-hydrogen) atoms. The van der Waals surface area contributed by atoms with E-state index in [1.807, 2.05) is 44.2 Å². The average Bonchev–Trinajstić information content (AvgIpc) is 2.46. The number of hydrogen-bond acceptors (Lipinski definition) is 2. The van der Waals surface area contributed by atoms with E-state index < -0.39 is 10.0 Å². The summed E-state index contributed by atoms with van der Waals surface area (Å²) in [4.78, 5) is 0.365. The first-order chi connectivity index (χ1) is 10.2. The quantitative estimate of drug-likeness (QED) is 0.843. The highest BCUT2D eigenvalue weighted by Gasteiger charge is 2.34. The molecule has 0 N–H and O–H groups in total. The molecule has 0 unspecified atom stereocenters. The summed E-state index contributed by atoms with van der Waals surface area (Å²) in [7, 11) is -3.49. The number of fused-ring (bicyclic) bond motifs is 1. The van der Waals surface area contributed by atoms with Gasteiger partial charge in [0.05, 0.1) is 4.90 Å². The minimum absolute atomic E-state index is 0.0750. The van der Waals surface area contributed by atoms with Gasteiger partial charge in [-0.1, -0.05) is 58.0 Å². The number of sulfonamides is 1. The van der Waals surface area contributed by atoms with Crippen molar-refractivity contribution >= 4 is 20.8 Å². The van der Waals surface area contributed by atoms with Crippen molar-refractivity contribution in [3.05, 3.63) is 42.5 Å². The second-order valence-corrected chi connectivity index (χ2v) is 8.65. The zero-order valence-electron chi connectivity index (χ0n) is 14.0. The van der Waals surface area contributed by atoms with Gasteiger partial charge in [-0.2, -0.15) is 4.31 Å². The predicted octanol–water partition coefficient (Wildman–Crippen LogP) is 4.29. The van der Waals surface area contributed by atoms with Crippen LogP contribution in [0.3, 0.4) is 0 Å². The van der Waals surface area contributed by atoms with Crippen molar-refractivity contribution in [1.82, 2.24) is 4.31 Å². The van der Waals surface area contributed by atoms with Crippen molar-refractivity contribution < 1.29 is 8.42 Å². The van der Waals surface area contributed by atoms with Crippen LogP contribution in [0.15, 0.2) is 47.4 Å². The molecule has 3 nitrogen and oxygen atoms in total. The van der Waals surface area contributed by atoms with Crippen LogP contribution in [0, 0.1) is 5.41 Å². The molecule has 0 aliphatic heterocycles. The van der Waals surface area contributed by atoms with Gasteiger partial charge in [0.2, 0.25) is 10.0 Å². The van der Waals surface area contributed by atoms with Gasteiger partial charge >= 0.3 is 0 Å². The molecule has 0 spiro atoms. The lowest BCUT2D eigenvalue weighted by Crippen LogP contribution is -2.45. The lowest BCUT2D eigenvalue weighted by atomic mass is 9.88. The number of rotatable bonds is 4. The van der Waals surface area contributed by atoms with Gasteiger partial charge in [0.25, 0.3) is 0 Å². The Morgan fingerprint density at radius 2 is 1.64 bits per heavy atom. The Bertz CT molecular complexity index is 760. The van der Waals surface area contributed by atoms with Crippen LogP contribution in [0.2, 0.25) is 0 Å². The molecule has 0 aromatic heterocycles. The van der Waals surface area contributed by atoms with E-state index >= 15 is 0 Å². The molecule has 0 saturated heterocycles. The Kier molecular flexibility index (Phi) is 4.64. The van der Waals surface area contributed by atoms with Crippen LogP contribution in [0.4, 0.5) is 0 Å². The first kappa shape index (κ1) is 17.0. The third kappa shape index (κ3) is 3.18. The minimum Gasteiger partial charge on any atom is -0.207 e.